The number of thiophene rings is 1. The first-order valence-electron chi connectivity index (χ1n) is 7.86. The SMILES string of the molecule is Cc1nnnn1-c1ccc(F)c(NC(=O)c2cc3sc(N(C)C)nc3s2)c1. The molecular weight excluding hydrogens is 389 g/mol. The second-order valence-corrected chi connectivity index (χ2v) is 7.97. The topological polar surface area (TPSA) is 88.8 Å². The van der Waals surface area contributed by atoms with Crippen LogP contribution in [-0.2, 0) is 0 Å². The molecule has 1 aromatic carbocycles. The van der Waals surface area contributed by atoms with E-state index >= 15 is 0 Å². The van der Waals surface area contributed by atoms with Gasteiger partial charge in [-0.1, -0.05) is 11.3 Å². The number of halogens is 1. The van der Waals surface area contributed by atoms with Crippen LogP contribution in [0, 0.1) is 12.7 Å². The first kappa shape index (κ1) is 17.5. The molecule has 0 unspecified atom stereocenters. The van der Waals surface area contributed by atoms with E-state index in [4.69, 9.17) is 0 Å². The lowest BCUT2D eigenvalue weighted by molar-refractivity contribution is 0.103. The van der Waals surface area contributed by atoms with Gasteiger partial charge in [0, 0.05) is 14.1 Å². The molecule has 3 heterocycles. The van der Waals surface area contributed by atoms with E-state index in [1.807, 2.05) is 19.0 Å². The Morgan fingerprint density at radius 2 is 2.07 bits per heavy atom. The summed E-state index contributed by atoms with van der Waals surface area (Å²) in [5.74, 6) is -0.370. The summed E-state index contributed by atoms with van der Waals surface area (Å²) < 4.78 is 16.6. The molecule has 0 fully saturated rings. The average molecular weight is 403 g/mol. The van der Waals surface area contributed by atoms with E-state index in [9.17, 15) is 9.18 Å². The van der Waals surface area contributed by atoms with Crippen LogP contribution >= 0.6 is 22.7 Å². The number of tetrazole rings is 1. The van der Waals surface area contributed by atoms with Crippen LogP contribution in [0.15, 0.2) is 24.3 Å². The number of aryl methyl sites for hydroxylation is 1. The molecule has 11 heteroatoms. The van der Waals surface area contributed by atoms with Crippen LogP contribution in [0.25, 0.3) is 15.2 Å². The van der Waals surface area contributed by atoms with Crippen molar-refractivity contribution in [2.45, 2.75) is 6.92 Å². The quantitative estimate of drug-likeness (QED) is 0.563. The molecule has 4 aromatic rings. The van der Waals surface area contributed by atoms with Gasteiger partial charge in [0.25, 0.3) is 5.91 Å². The lowest BCUT2D eigenvalue weighted by Crippen LogP contribution is -2.12. The number of carbonyl (C=O) groups is 1. The zero-order valence-electron chi connectivity index (χ0n) is 14.6. The minimum Gasteiger partial charge on any atom is -0.354 e. The first-order valence-corrected chi connectivity index (χ1v) is 9.49. The molecule has 0 aliphatic heterocycles. The molecule has 0 bridgehead atoms. The van der Waals surface area contributed by atoms with E-state index in [0.717, 1.165) is 14.7 Å². The van der Waals surface area contributed by atoms with E-state index in [-0.39, 0.29) is 11.6 Å². The lowest BCUT2D eigenvalue weighted by Gasteiger charge is -2.08. The zero-order valence-corrected chi connectivity index (χ0v) is 16.2. The number of nitrogens with one attached hydrogen (secondary N) is 1. The number of amides is 1. The van der Waals surface area contributed by atoms with Gasteiger partial charge in [-0.2, -0.15) is 4.68 Å². The number of fused-ring (bicyclic) bond motifs is 1. The Morgan fingerprint density at radius 3 is 2.74 bits per heavy atom. The van der Waals surface area contributed by atoms with Crippen molar-refractivity contribution in [1.82, 2.24) is 25.2 Å². The fourth-order valence-electron chi connectivity index (χ4n) is 2.42. The summed E-state index contributed by atoms with van der Waals surface area (Å²) in [6.07, 6.45) is 0. The Labute approximate surface area is 161 Å². The molecule has 4 rings (SSSR count). The largest absolute Gasteiger partial charge is 0.354 e. The first-order chi connectivity index (χ1) is 12.9. The fraction of sp³-hybridized carbons (Fsp3) is 0.188. The van der Waals surface area contributed by atoms with Gasteiger partial charge in [-0.15, -0.1) is 16.4 Å². The van der Waals surface area contributed by atoms with Crippen LogP contribution < -0.4 is 10.2 Å². The van der Waals surface area contributed by atoms with Crippen molar-refractivity contribution in [3.8, 4) is 5.69 Å². The highest BCUT2D eigenvalue weighted by atomic mass is 32.1. The maximum Gasteiger partial charge on any atom is 0.265 e. The van der Waals surface area contributed by atoms with E-state index < -0.39 is 5.82 Å². The smallest absolute Gasteiger partial charge is 0.265 e. The molecule has 1 N–H and O–H groups in total. The van der Waals surface area contributed by atoms with Crippen molar-refractivity contribution < 1.29 is 9.18 Å². The molecule has 138 valence electrons. The number of aromatic nitrogens is 5. The van der Waals surface area contributed by atoms with Gasteiger partial charge in [-0.05, 0) is 41.6 Å². The summed E-state index contributed by atoms with van der Waals surface area (Å²) in [4.78, 5) is 20.2. The Bertz CT molecular complexity index is 1120. The van der Waals surface area contributed by atoms with Crippen LogP contribution in [0.4, 0.5) is 15.2 Å². The highest BCUT2D eigenvalue weighted by molar-refractivity contribution is 7.29. The Hall–Kier alpha value is -2.92. The molecular formula is C16H14FN7OS2. The minimum atomic E-state index is -0.538. The molecule has 0 radical (unpaired) electrons. The number of rotatable bonds is 4. The number of thiazole rings is 1. The molecule has 0 spiro atoms. The van der Waals surface area contributed by atoms with Gasteiger partial charge >= 0.3 is 0 Å². The predicted octanol–water partition coefficient (Wildman–Crippen LogP) is 3.10. The number of hydrogen-bond donors (Lipinski definition) is 1. The number of nitrogens with zero attached hydrogens (tertiary/aromatic N) is 6. The molecule has 0 saturated heterocycles. The second-order valence-electron chi connectivity index (χ2n) is 5.93. The van der Waals surface area contributed by atoms with Gasteiger partial charge < -0.3 is 10.2 Å². The summed E-state index contributed by atoms with van der Waals surface area (Å²) in [5.41, 5.74) is 0.616. The summed E-state index contributed by atoms with van der Waals surface area (Å²) in [6.45, 7) is 1.73. The van der Waals surface area contributed by atoms with Crippen LogP contribution in [0.2, 0.25) is 0 Å². The number of carbonyl (C=O) groups excluding carboxylic acids is 1. The van der Waals surface area contributed by atoms with Crippen LogP contribution in [0.3, 0.4) is 0 Å². The van der Waals surface area contributed by atoms with Crippen LogP contribution in [0.5, 0.6) is 0 Å². The summed E-state index contributed by atoms with van der Waals surface area (Å²) in [7, 11) is 3.83. The second kappa shape index (κ2) is 6.67. The van der Waals surface area contributed by atoms with Gasteiger partial charge in [-0.25, -0.2) is 9.37 Å². The van der Waals surface area contributed by atoms with Gasteiger partial charge in [0.05, 0.1) is 21.0 Å². The molecule has 0 aliphatic carbocycles. The van der Waals surface area contributed by atoms with Gasteiger partial charge in [-0.3, -0.25) is 4.79 Å². The van der Waals surface area contributed by atoms with Crippen molar-refractivity contribution in [1.29, 1.82) is 0 Å². The Morgan fingerprint density at radius 1 is 1.26 bits per heavy atom. The Kier molecular flexibility index (Phi) is 4.32. The predicted molar refractivity (Wildman–Crippen MR) is 104 cm³/mol. The van der Waals surface area contributed by atoms with Crippen LogP contribution in [-0.4, -0.2) is 45.2 Å². The standard InChI is InChI=1S/C16H14FN7OS2/c1-8-20-21-22-24(8)9-4-5-10(17)11(6-9)18-14(25)12-7-13-15(26-12)19-16(27-13)23(2)3/h4-7H,1-3H3,(H,18,25). The fourth-order valence-corrected chi connectivity index (χ4v) is 4.45. The minimum absolute atomic E-state index is 0.0612. The summed E-state index contributed by atoms with van der Waals surface area (Å²) in [5, 5.41) is 14.7. The third-order valence-electron chi connectivity index (χ3n) is 3.75. The number of anilines is 2. The van der Waals surface area contributed by atoms with Crippen molar-refractivity contribution in [3.63, 3.8) is 0 Å². The molecule has 0 saturated carbocycles. The zero-order chi connectivity index (χ0) is 19.1. The van der Waals surface area contributed by atoms with Crippen molar-refractivity contribution in [2.24, 2.45) is 0 Å². The third kappa shape index (κ3) is 3.26. The Balaban J connectivity index is 1.61. The molecule has 0 aliphatic rings. The highest BCUT2D eigenvalue weighted by Crippen LogP contribution is 2.34. The van der Waals surface area contributed by atoms with E-state index in [1.54, 1.807) is 19.1 Å². The molecule has 8 nitrogen and oxygen atoms in total. The summed E-state index contributed by atoms with van der Waals surface area (Å²) >= 11 is 2.77. The summed E-state index contributed by atoms with van der Waals surface area (Å²) in [6, 6.07) is 6.08. The van der Waals surface area contributed by atoms with Gasteiger partial charge in [0.2, 0.25) is 0 Å². The van der Waals surface area contributed by atoms with Crippen molar-refractivity contribution in [3.05, 3.63) is 40.8 Å². The van der Waals surface area contributed by atoms with Gasteiger partial charge in [0.1, 0.15) is 10.6 Å². The van der Waals surface area contributed by atoms with Crippen molar-refractivity contribution in [2.75, 3.05) is 24.3 Å². The van der Waals surface area contributed by atoms with Crippen molar-refractivity contribution >= 4 is 48.9 Å². The van der Waals surface area contributed by atoms with Gasteiger partial charge in [0.15, 0.2) is 11.0 Å². The maximum absolute atomic E-state index is 14.2. The molecule has 3 aromatic heterocycles. The number of hydrogen-bond acceptors (Lipinski definition) is 8. The maximum atomic E-state index is 14.2. The third-order valence-corrected chi connectivity index (χ3v) is 6.08. The normalized spacial score (nSPS) is 11.1. The molecule has 1 amide bonds. The average Bonchev–Trinajstić information content (AvgIpc) is 3.31. The highest BCUT2D eigenvalue weighted by Gasteiger charge is 2.17. The molecule has 0 atom stereocenters. The van der Waals surface area contributed by atoms with Crippen LogP contribution in [0.1, 0.15) is 15.5 Å². The monoisotopic (exact) mass is 403 g/mol. The lowest BCUT2D eigenvalue weighted by atomic mass is 10.2. The molecule has 27 heavy (non-hydrogen) atoms. The van der Waals surface area contributed by atoms with E-state index in [2.05, 4.69) is 25.8 Å². The van der Waals surface area contributed by atoms with E-state index in [1.165, 1.54) is 39.5 Å². The number of benzene rings is 1. The van der Waals surface area contributed by atoms with E-state index in [0.29, 0.717) is 16.4 Å².